The number of nitrogens with two attached hydrogens (primary N) is 1. The van der Waals surface area contributed by atoms with Gasteiger partial charge in [-0.05, 0) is 24.2 Å². The minimum absolute atomic E-state index is 0.0365. The molecule has 0 bridgehead atoms. The summed E-state index contributed by atoms with van der Waals surface area (Å²) in [6, 6.07) is -0.153. The quantitative estimate of drug-likeness (QED) is 0.822. The molecule has 0 radical (unpaired) electrons. The van der Waals surface area contributed by atoms with Crippen molar-refractivity contribution in [3.05, 3.63) is 0 Å². The predicted molar refractivity (Wildman–Crippen MR) is 68.6 cm³/mol. The summed E-state index contributed by atoms with van der Waals surface area (Å²) in [4.78, 5) is 11.8. The second-order valence-corrected chi connectivity index (χ2v) is 6.94. The molecule has 0 saturated heterocycles. The standard InChI is InChI=1S/C14H25F2NO/c1-13(2,3)9-11(17)7-12(18)6-10-4-5-14(15,16)8-10/h10-11H,4-9,17H2,1-3H3. The number of rotatable bonds is 5. The average Bonchev–Trinajstić information content (AvgIpc) is 2.40. The fraction of sp³-hybridized carbons (Fsp3) is 0.929. The van der Waals surface area contributed by atoms with Crippen molar-refractivity contribution < 1.29 is 13.6 Å². The summed E-state index contributed by atoms with van der Waals surface area (Å²) in [5.41, 5.74) is 6.02. The van der Waals surface area contributed by atoms with Gasteiger partial charge in [0.2, 0.25) is 5.92 Å². The number of hydrogen-bond donors (Lipinski definition) is 1. The van der Waals surface area contributed by atoms with Crippen molar-refractivity contribution in [3.63, 3.8) is 0 Å². The van der Waals surface area contributed by atoms with Crippen LogP contribution in [0.4, 0.5) is 8.78 Å². The molecule has 106 valence electrons. The Balaban J connectivity index is 2.30. The molecule has 1 rings (SSSR count). The average molecular weight is 261 g/mol. The highest BCUT2D eigenvalue weighted by Crippen LogP contribution is 2.40. The van der Waals surface area contributed by atoms with E-state index in [0.717, 1.165) is 6.42 Å². The lowest BCUT2D eigenvalue weighted by atomic mass is 9.86. The van der Waals surface area contributed by atoms with Crippen LogP contribution in [0.2, 0.25) is 0 Å². The van der Waals surface area contributed by atoms with Gasteiger partial charge in [0.25, 0.3) is 0 Å². The van der Waals surface area contributed by atoms with Crippen molar-refractivity contribution >= 4 is 5.78 Å². The highest BCUT2D eigenvalue weighted by molar-refractivity contribution is 5.79. The van der Waals surface area contributed by atoms with Crippen LogP contribution >= 0.6 is 0 Å². The molecule has 2 atom stereocenters. The number of Topliss-reactive ketones (excluding diaryl/α,β-unsaturated/α-hetero) is 1. The van der Waals surface area contributed by atoms with Gasteiger partial charge in [0.15, 0.2) is 0 Å². The first-order chi connectivity index (χ1) is 8.07. The highest BCUT2D eigenvalue weighted by atomic mass is 19.3. The Labute approximate surface area is 108 Å². The molecule has 4 heteroatoms. The van der Waals surface area contributed by atoms with Crippen LogP contribution in [0.1, 0.15) is 59.3 Å². The summed E-state index contributed by atoms with van der Waals surface area (Å²) < 4.78 is 26.0. The molecule has 2 nitrogen and oxygen atoms in total. The van der Waals surface area contributed by atoms with Crippen LogP contribution in [-0.4, -0.2) is 17.7 Å². The Morgan fingerprint density at radius 3 is 2.50 bits per heavy atom. The van der Waals surface area contributed by atoms with E-state index >= 15 is 0 Å². The van der Waals surface area contributed by atoms with Gasteiger partial charge in [-0.15, -0.1) is 0 Å². The third kappa shape index (κ3) is 5.89. The van der Waals surface area contributed by atoms with Gasteiger partial charge in [0, 0.05) is 31.7 Å². The van der Waals surface area contributed by atoms with Gasteiger partial charge in [-0.25, -0.2) is 8.78 Å². The molecular weight excluding hydrogens is 236 g/mol. The van der Waals surface area contributed by atoms with Crippen molar-refractivity contribution in [2.75, 3.05) is 0 Å². The Kier molecular flexibility index (Phi) is 4.87. The molecule has 1 saturated carbocycles. The summed E-state index contributed by atoms with van der Waals surface area (Å²) >= 11 is 0. The molecule has 2 unspecified atom stereocenters. The van der Waals surface area contributed by atoms with Gasteiger partial charge in [-0.2, -0.15) is 0 Å². The van der Waals surface area contributed by atoms with E-state index in [1.54, 1.807) is 0 Å². The first kappa shape index (κ1) is 15.5. The number of carbonyl (C=O) groups excluding carboxylic acids is 1. The molecule has 0 amide bonds. The van der Waals surface area contributed by atoms with Crippen LogP contribution in [0.3, 0.4) is 0 Å². The van der Waals surface area contributed by atoms with E-state index in [9.17, 15) is 13.6 Å². The number of ketones is 1. The molecule has 1 aliphatic rings. The van der Waals surface area contributed by atoms with Gasteiger partial charge < -0.3 is 5.73 Å². The van der Waals surface area contributed by atoms with Gasteiger partial charge in [-0.1, -0.05) is 20.8 Å². The summed E-state index contributed by atoms with van der Waals surface area (Å²) in [7, 11) is 0. The molecule has 0 aromatic rings. The Hall–Kier alpha value is -0.510. The van der Waals surface area contributed by atoms with Crippen molar-refractivity contribution in [3.8, 4) is 0 Å². The van der Waals surface area contributed by atoms with Crippen LogP contribution in [0, 0.1) is 11.3 Å². The van der Waals surface area contributed by atoms with Crippen LogP contribution in [-0.2, 0) is 4.79 Å². The van der Waals surface area contributed by atoms with E-state index in [1.165, 1.54) is 0 Å². The first-order valence-corrected chi connectivity index (χ1v) is 6.72. The van der Waals surface area contributed by atoms with Gasteiger partial charge >= 0.3 is 0 Å². The normalized spacial score (nSPS) is 25.1. The minimum atomic E-state index is -2.56. The van der Waals surface area contributed by atoms with Crippen molar-refractivity contribution in [1.29, 1.82) is 0 Å². The van der Waals surface area contributed by atoms with Gasteiger partial charge in [0.1, 0.15) is 5.78 Å². The third-order valence-electron chi connectivity index (χ3n) is 3.39. The van der Waals surface area contributed by atoms with E-state index in [2.05, 4.69) is 20.8 Å². The molecule has 0 spiro atoms. The summed E-state index contributed by atoms with van der Waals surface area (Å²) in [5.74, 6) is -2.66. The molecule has 1 aliphatic carbocycles. The van der Waals surface area contributed by atoms with E-state index < -0.39 is 5.92 Å². The molecule has 0 heterocycles. The summed E-state index contributed by atoms with van der Waals surface area (Å²) in [6.07, 6.45) is 1.63. The highest BCUT2D eigenvalue weighted by Gasteiger charge is 2.39. The Morgan fingerprint density at radius 2 is 2.06 bits per heavy atom. The van der Waals surface area contributed by atoms with Gasteiger partial charge in [-0.3, -0.25) is 4.79 Å². The van der Waals surface area contributed by atoms with Crippen LogP contribution in [0.15, 0.2) is 0 Å². The SMILES string of the molecule is CC(C)(C)CC(N)CC(=O)CC1CCC(F)(F)C1. The lowest BCUT2D eigenvalue weighted by molar-refractivity contribution is -0.120. The molecule has 2 N–H and O–H groups in total. The van der Waals surface area contributed by atoms with Crippen molar-refractivity contribution in [2.45, 2.75) is 71.3 Å². The smallest absolute Gasteiger partial charge is 0.248 e. The Morgan fingerprint density at radius 1 is 1.44 bits per heavy atom. The molecule has 1 fully saturated rings. The topological polar surface area (TPSA) is 43.1 Å². The number of halogens is 2. The summed E-state index contributed by atoms with van der Waals surface area (Å²) in [5, 5.41) is 0. The molecule has 0 aromatic carbocycles. The maximum Gasteiger partial charge on any atom is 0.248 e. The maximum absolute atomic E-state index is 13.0. The van der Waals surface area contributed by atoms with Crippen molar-refractivity contribution in [2.24, 2.45) is 17.1 Å². The number of carbonyl (C=O) groups is 1. The largest absolute Gasteiger partial charge is 0.327 e. The molecule has 18 heavy (non-hydrogen) atoms. The number of hydrogen-bond acceptors (Lipinski definition) is 2. The van der Waals surface area contributed by atoms with Crippen LogP contribution < -0.4 is 5.73 Å². The fourth-order valence-corrected chi connectivity index (χ4v) is 2.77. The second-order valence-electron chi connectivity index (χ2n) is 6.94. The minimum Gasteiger partial charge on any atom is -0.327 e. The Bertz CT molecular complexity index is 297. The zero-order chi connectivity index (χ0) is 14.0. The van der Waals surface area contributed by atoms with E-state index in [0.29, 0.717) is 12.8 Å². The van der Waals surface area contributed by atoms with E-state index in [-0.39, 0.29) is 42.4 Å². The van der Waals surface area contributed by atoms with Crippen LogP contribution in [0.25, 0.3) is 0 Å². The van der Waals surface area contributed by atoms with Gasteiger partial charge in [0.05, 0.1) is 0 Å². The zero-order valence-electron chi connectivity index (χ0n) is 11.6. The molecular formula is C14H25F2NO. The lowest BCUT2D eigenvalue weighted by Gasteiger charge is -2.23. The monoisotopic (exact) mass is 261 g/mol. The van der Waals surface area contributed by atoms with Crippen molar-refractivity contribution in [1.82, 2.24) is 0 Å². The summed E-state index contributed by atoms with van der Waals surface area (Å²) in [6.45, 7) is 6.23. The second kappa shape index (κ2) is 5.64. The molecule has 0 aliphatic heterocycles. The van der Waals surface area contributed by atoms with E-state index in [4.69, 9.17) is 5.73 Å². The lowest BCUT2D eigenvalue weighted by Crippen LogP contribution is -2.29. The predicted octanol–water partition coefficient (Wildman–Crippen LogP) is 3.53. The zero-order valence-corrected chi connectivity index (χ0v) is 11.6. The molecule has 0 aromatic heterocycles. The van der Waals surface area contributed by atoms with E-state index in [1.807, 2.05) is 0 Å². The fourth-order valence-electron chi connectivity index (χ4n) is 2.77. The third-order valence-corrected chi connectivity index (χ3v) is 3.39. The maximum atomic E-state index is 13.0. The first-order valence-electron chi connectivity index (χ1n) is 6.72. The van der Waals surface area contributed by atoms with Crippen LogP contribution in [0.5, 0.6) is 0 Å². The number of alkyl halides is 2.